The highest BCUT2D eigenvalue weighted by molar-refractivity contribution is 9.10. The molecule has 0 amide bonds. The van der Waals surface area contributed by atoms with Gasteiger partial charge in [-0.05, 0) is 36.6 Å². The zero-order chi connectivity index (χ0) is 21.1. The number of nitriles is 1. The molecule has 3 heterocycles. The molecular weight excluding hydrogens is 462 g/mol. The molecule has 6 nitrogen and oxygen atoms in total. The second kappa shape index (κ2) is 8.94. The normalized spacial score (nSPS) is 15.3. The molecule has 4 rings (SSSR count). The van der Waals surface area contributed by atoms with Gasteiger partial charge in [-0.2, -0.15) is 5.26 Å². The van der Waals surface area contributed by atoms with Crippen LogP contribution in [-0.4, -0.2) is 19.3 Å². The zero-order valence-electron chi connectivity index (χ0n) is 16.3. The Labute approximate surface area is 186 Å². The van der Waals surface area contributed by atoms with Gasteiger partial charge in [-0.3, -0.25) is 9.36 Å². The third-order valence-corrected chi connectivity index (χ3v) is 6.65. The van der Waals surface area contributed by atoms with E-state index in [1.807, 2.05) is 34.9 Å². The average Bonchev–Trinajstić information content (AvgIpc) is 3.15. The fraction of sp³-hybridized carbons (Fsp3) is 0.273. The SMILES string of the molecule is C=CCn1c(=O)/c(=C/c2cccc(Br)c2)s/c1=C(/C#N)c1nnc2n1CCCCC2. The molecule has 0 bridgehead atoms. The van der Waals surface area contributed by atoms with Crippen LogP contribution in [0.25, 0.3) is 11.6 Å². The van der Waals surface area contributed by atoms with Crippen LogP contribution in [0, 0.1) is 11.3 Å². The number of allylic oxidation sites excluding steroid dienone is 1. The number of hydrogen-bond donors (Lipinski definition) is 0. The minimum atomic E-state index is -0.141. The van der Waals surface area contributed by atoms with Crippen molar-refractivity contribution in [1.82, 2.24) is 19.3 Å². The maximum atomic E-state index is 13.1. The third kappa shape index (κ3) is 3.95. The molecule has 0 radical (unpaired) electrons. The summed E-state index contributed by atoms with van der Waals surface area (Å²) in [5.41, 5.74) is 1.15. The second-order valence-corrected chi connectivity index (χ2v) is 9.01. The van der Waals surface area contributed by atoms with E-state index < -0.39 is 0 Å². The maximum absolute atomic E-state index is 13.1. The number of hydrogen-bond acceptors (Lipinski definition) is 5. The number of benzene rings is 1. The van der Waals surface area contributed by atoms with E-state index in [0.29, 0.717) is 27.1 Å². The predicted octanol–water partition coefficient (Wildman–Crippen LogP) is 2.73. The van der Waals surface area contributed by atoms with Gasteiger partial charge in [-0.25, -0.2) is 0 Å². The van der Waals surface area contributed by atoms with Crippen molar-refractivity contribution in [2.45, 2.75) is 38.8 Å². The second-order valence-electron chi connectivity index (χ2n) is 7.06. The van der Waals surface area contributed by atoms with Gasteiger partial charge >= 0.3 is 0 Å². The van der Waals surface area contributed by atoms with E-state index in [9.17, 15) is 10.1 Å². The lowest BCUT2D eigenvalue weighted by atomic mass is 10.2. The Morgan fingerprint density at radius 2 is 2.20 bits per heavy atom. The maximum Gasteiger partial charge on any atom is 0.269 e. The van der Waals surface area contributed by atoms with Crippen LogP contribution in [0.1, 0.15) is 36.5 Å². The lowest BCUT2D eigenvalue weighted by Gasteiger charge is -2.06. The molecule has 30 heavy (non-hydrogen) atoms. The molecule has 0 aliphatic carbocycles. The van der Waals surface area contributed by atoms with Crippen molar-refractivity contribution in [3.8, 4) is 6.07 Å². The third-order valence-electron chi connectivity index (χ3n) is 5.02. The predicted molar refractivity (Wildman–Crippen MR) is 121 cm³/mol. The van der Waals surface area contributed by atoms with E-state index >= 15 is 0 Å². The molecule has 0 N–H and O–H groups in total. The Bertz CT molecular complexity index is 1320. The van der Waals surface area contributed by atoms with Crippen LogP contribution in [0.2, 0.25) is 0 Å². The molecule has 0 saturated carbocycles. The van der Waals surface area contributed by atoms with Crippen molar-refractivity contribution in [3.63, 3.8) is 0 Å². The molecule has 0 spiro atoms. The van der Waals surface area contributed by atoms with Crippen LogP contribution >= 0.6 is 27.3 Å². The summed E-state index contributed by atoms with van der Waals surface area (Å²) < 4.78 is 5.72. The summed E-state index contributed by atoms with van der Waals surface area (Å²) in [4.78, 5) is 13.1. The number of thiazole rings is 1. The minimum absolute atomic E-state index is 0.141. The van der Waals surface area contributed by atoms with Crippen molar-refractivity contribution in [2.75, 3.05) is 0 Å². The molecule has 152 valence electrons. The summed E-state index contributed by atoms with van der Waals surface area (Å²) in [7, 11) is 0. The molecular formula is C22H20BrN5OS. The average molecular weight is 482 g/mol. The first-order valence-corrected chi connectivity index (χ1v) is 11.4. The molecule has 0 atom stereocenters. The standard InChI is InChI=1S/C22H20BrN5OS/c1-2-10-28-21(29)18(13-15-7-6-8-16(23)12-15)30-22(28)17(14-24)20-26-25-19-9-4-3-5-11-27(19)20/h2,6-8,12-13H,1,3-5,9-11H2/b18-13-,22-17-. The van der Waals surface area contributed by atoms with E-state index in [4.69, 9.17) is 0 Å². The molecule has 8 heteroatoms. The minimum Gasteiger partial charge on any atom is -0.310 e. The monoisotopic (exact) mass is 481 g/mol. The van der Waals surface area contributed by atoms with Crippen LogP contribution in [0.5, 0.6) is 0 Å². The van der Waals surface area contributed by atoms with Crippen LogP contribution < -0.4 is 14.8 Å². The molecule has 3 aromatic rings. The fourth-order valence-corrected chi connectivity index (χ4v) is 5.14. The van der Waals surface area contributed by atoms with Gasteiger partial charge in [0.15, 0.2) is 5.82 Å². The van der Waals surface area contributed by atoms with Crippen molar-refractivity contribution in [3.05, 3.63) is 78.2 Å². The molecule has 1 aliphatic rings. The van der Waals surface area contributed by atoms with Gasteiger partial charge in [0.25, 0.3) is 5.56 Å². The molecule has 0 saturated heterocycles. The highest BCUT2D eigenvalue weighted by Gasteiger charge is 2.20. The fourth-order valence-electron chi connectivity index (χ4n) is 3.61. The number of fused-ring (bicyclic) bond motifs is 1. The van der Waals surface area contributed by atoms with Crippen LogP contribution in [0.4, 0.5) is 0 Å². The van der Waals surface area contributed by atoms with Crippen molar-refractivity contribution < 1.29 is 0 Å². The van der Waals surface area contributed by atoms with Gasteiger partial charge in [0, 0.05) is 24.0 Å². The summed E-state index contributed by atoms with van der Waals surface area (Å²) in [6, 6.07) is 10.0. The van der Waals surface area contributed by atoms with Gasteiger partial charge in [0.1, 0.15) is 22.1 Å². The number of rotatable bonds is 4. The molecule has 1 aromatic carbocycles. The van der Waals surface area contributed by atoms with E-state index in [1.165, 1.54) is 11.3 Å². The van der Waals surface area contributed by atoms with E-state index in [1.54, 1.807) is 10.6 Å². The molecule has 2 aromatic heterocycles. The Morgan fingerprint density at radius 3 is 2.97 bits per heavy atom. The summed E-state index contributed by atoms with van der Waals surface area (Å²) in [6.45, 7) is 4.89. The highest BCUT2D eigenvalue weighted by Crippen LogP contribution is 2.18. The van der Waals surface area contributed by atoms with Crippen molar-refractivity contribution >= 4 is 38.9 Å². The van der Waals surface area contributed by atoms with Crippen LogP contribution in [0.3, 0.4) is 0 Å². The van der Waals surface area contributed by atoms with E-state index in [-0.39, 0.29) is 5.56 Å². The summed E-state index contributed by atoms with van der Waals surface area (Å²) in [6.07, 6.45) is 7.61. The van der Waals surface area contributed by atoms with Crippen LogP contribution in [-0.2, 0) is 19.5 Å². The molecule has 0 unspecified atom stereocenters. The molecule has 0 fully saturated rings. The summed E-state index contributed by atoms with van der Waals surface area (Å²) in [5.74, 6) is 1.45. The van der Waals surface area contributed by atoms with Gasteiger partial charge in [0.05, 0.1) is 4.53 Å². The molecule has 1 aliphatic heterocycles. The Hall–Kier alpha value is -2.76. The summed E-state index contributed by atoms with van der Waals surface area (Å²) in [5, 5.41) is 18.7. The Balaban J connectivity index is 1.98. The number of halogens is 1. The Morgan fingerprint density at radius 1 is 1.33 bits per heavy atom. The van der Waals surface area contributed by atoms with Gasteiger partial charge < -0.3 is 4.57 Å². The van der Waals surface area contributed by atoms with Crippen molar-refractivity contribution in [2.24, 2.45) is 0 Å². The summed E-state index contributed by atoms with van der Waals surface area (Å²) >= 11 is 4.77. The van der Waals surface area contributed by atoms with Gasteiger partial charge in [-0.15, -0.1) is 28.1 Å². The first-order valence-electron chi connectivity index (χ1n) is 9.77. The quantitative estimate of drug-likeness (QED) is 0.536. The van der Waals surface area contributed by atoms with E-state index in [2.05, 4.69) is 38.8 Å². The van der Waals surface area contributed by atoms with E-state index in [0.717, 1.165) is 48.1 Å². The smallest absolute Gasteiger partial charge is 0.269 e. The van der Waals surface area contributed by atoms with Crippen molar-refractivity contribution in [1.29, 1.82) is 5.26 Å². The zero-order valence-corrected chi connectivity index (χ0v) is 18.7. The first kappa shape index (κ1) is 20.5. The largest absolute Gasteiger partial charge is 0.310 e. The number of aromatic nitrogens is 4. The first-order chi connectivity index (χ1) is 14.6. The highest BCUT2D eigenvalue weighted by atomic mass is 79.9. The lowest BCUT2D eigenvalue weighted by Crippen LogP contribution is -2.32. The topological polar surface area (TPSA) is 76.5 Å². The number of aryl methyl sites for hydroxylation is 1. The number of nitrogens with zero attached hydrogens (tertiary/aromatic N) is 5. The Kier molecular flexibility index (Phi) is 6.11. The van der Waals surface area contributed by atoms with Gasteiger partial charge in [-0.1, -0.05) is 40.6 Å². The lowest BCUT2D eigenvalue weighted by molar-refractivity contribution is 0.626. The van der Waals surface area contributed by atoms with Crippen LogP contribution in [0.15, 0.2) is 46.2 Å². The van der Waals surface area contributed by atoms with Gasteiger partial charge in [0.2, 0.25) is 0 Å².